The average molecular weight is 389 g/mol. The van der Waals surface area contributed by atoms with Crippen molar-refractivity contribution in [2.24, 2.45) is 28.6 Å². The summed E-state index contributed by atoms with van der Waals surface area (Å²) in [5.74, 6) is 0.760. The predicted molar refractivity (Wildman–Crippen MR) is 109 cm³/mol. The van der Waals surface area contributed by atoms with Crippen molar-refractivity contribution in [2.75, 3.05) is 6.61 Å². The average Bonchev–Trinajstić information content (AvgIpc) is 2.60. The molecule has 6 atom stereocenters. The van der Waals surface area contributed by atoms with Crippen molar-refractivity contribution in [1.29, 1.82) is 0 Å². The van der Waals surface area contributed by atoms with Gasteiger partial charge < -0.3 is 9.47 Å². The van der Waals surface area contributed by atoms with Gasteiger partial charge in [0.25, 0.3) is 0 Å². The van der Waals surface area contributed by atoms with Crippen LogP contribution >= 0.6 is 0 Å². The molecule has 28 heavy (non-hydrogen) atoms. The molecule has 4 nitrogen and oxygen atoms in total. The molecule has 0 saturated heterocycles. The van der Waals surface area contributed by atoms with Gasteiger partial charge in [0.05, 0.1) is 6.61 Å². The third-order valence-electron chi connectivity index (χ3n) is 8.07. The number of hydrogen-bond acceptors (Lipinski definition) is 4. The largest absolute Gasteiger partial charge is 0.465 e. The molecule has 0 amide bonds. The van der Waals surface area contributed by atoms with E-state index in [-0.39, 0.29) is 34.8 Å². The maximum atomic E-state index is 12.0. The molecule has 0 unspecified atom stereocenters. The van der Waals surface area contributed by atoms with Crippen LogP contribution in [0.1, 0.15) is 73.1 Å². The number of carbonyl (C=O) groups excluding carboxylic acids is 2. The Labute approximate surface area is 169 Å². The monoisotopic (exact) mass is 388 g/mol. The number of hydrogen-bond donors (Lipinski definition) is 0. The van der Waals surface area contributed by atoms with Crippen LogP contribution in [0.4, 0.5) is 0 Å². The van der Waals surface area contributed by atoms with Crippen molar-refractivity contribution in [3.63, 3.8) is 0 Å². The van der Waals surface area contributed by atoms with E-state index >= 15 is 0 Å². The van der Waals surface area contributed by atoms with E-state index in [0.717, 1.165) is 38.5 Å². The fourth-order valence-electron chi connectivity index (χ4n) is 7.06. The Balaban J connectivity index is 2.03. The summed E-state index contributed by atoms with van der Waals surface area (Å²) in [4.78, 5) is 23.5. The molecule has 4 heteroatoms. The van der Waals surface area contributed by atoms with Gasteiger partial charge in [-0.05, 0) is 61.9 Å². The van der Waals surface area contributed by atoms with Gasteiger partial charge in [0.1, 0.15) is 6.10 Å². The van der Waals surface area contributed by atoms with Crippen molar-refractivity contribution in [3.8, 4) is 0 Å². The Kier molecular flexibility index (Phi) is 5.80. The molecule has 0 aromatic carbocycles. The van der Waals surface area contributed by atoms with Crippen molar-refractivity contribution >= 4 is 11.9 Å². The zero-order valence-corrected chi connectivity index (χ0v) is 18.2. The highest BCUT2D eigenvalue weighted by Gasteiger charge is 2.61. The third kappa shape index (κ3) is 3.55. The van der Waals surface area contributed by atoms with Crippen LogP contribution in [0.25, 0.3) is 0 Å². The summed E-state index contributed by atoms with van der Waals surface area (Å²) in [7, 11) is 0. The Hall–Kier alpha value is -1.58. The van der Waals surface area contributed by atoms with Gasteiger partial charge in [-0.1, -0.05) is 38.5 Å². The van der Waals surface area contributed by atoms with Crippen LogP contribution in [0.5, 0.6) is 0 Å². The summed E-state index contributed by atoms with van der Waals surface area (Å²) in [6.07, 6.45) is 8.24. The normalized spacial score (nSPS) is 40.2. The van der Waals surface area contributed by atoms with Crippen LogP contribution in [-0.2, 0) is 19.1 Å². The lowest BCUT2D eigenvalue weighted by Gasteiger charge is -2.63. The second kappa shape index (κ2) is 7.68. The highest BCUT2D eigenvalue weighted by molar-refractivity contribution is 5.66. The Morgan fingerprint density at radius 2 is 1.93 bits per heavy atom. The van der Waals surface area contributed by atoms with E-state index in [1.54, 1.807) is 0 Å². The van der Waals surface area contributed by atoms with Gasteiger partial charge >= 0.3 is 11.9 Å². The molecule has 3 aliphatic carbocycles. The molecule has 2 fully saturated rings. The molecule has 0 radical (unpaired) electrons. The maximum absolute atomic E-state index is 12.0. The minimum absolute atomic E-state index is 0.0736. The molecule has 0 heterocycles. The predicted octanol–water partition coefficient (Wildman–Crippen LogP) is 5.23. The van der Waals surface area contributed by atoms with Crippen LogP contribution in [0.2, 0.25) is 0 Å². The van der Waals surface area contributed by atoms with Gasteiger partial charge in [0, 0.05) is 25.2 Å². The molecule has 0 aromatic rings. The van der Waals surface area contributed by atoms with Gasteiger partial charge in [-0.15, -0.1) is 0 Å². The number of allylic oxidation sites excluding steroid dienone is 3. The molecule has 2 saturated carbocycles. The van der Waals surface area contributed by atoms with E-state index in [9.17, 15) is 9.59 Å². The van der Waals surface area contributed by atoms with E-state index < -0.39 is 0 Å². The second-order valence-corrected chi connectivity index (χ2v) is 9.82. The van der Waals surface area contributed by atoms with E-state index in [2.05, 4.69) is 27.4 Å². The highest BCUT2D eigenvalue weighted by atomic mass is 16.5. The van der Waals surface area contributed by atoms with E-state index in [0.29, 0.717) is 18.4 Å². The molecule has 0 spiro atoms. The first kappa shape index (κ1) is 21.1. The standard InChI is InChI=1S/C24H36O4/c1-7-18-9-10-20-19(15(18)2)13-21(28-17(4)26)22-23(5,14-27-16(3)25)11-8-12-24(20,22)6/h7,19-22H,1,8-14H2,2-6H3/t19-,20-,21+,22-,23-,24+/m0/s1. The summed E-state index contributed by atoms with van der Waals surface area (Å²) in [5, 5.41) is 0. The zero-order chi connectivity index (χ0) is 20.7. The first-order chi connectivity index (χ1) is 13.1. The Morgan fingerprint density at radius 3 is 2.54 bits per heavy atom. The molecule has 3 aliphatic rings. The smallest absolute Gasteiger partial charge is 0.302 e. The van der Waals surface area contributed by atoms with Gasteiger partial charge in [-0.25, -0.2) is 0 Å². The molecule has 0 aromatic heterocycles. The van der Waals surface area contributed by atoms with Crippen molar-refractivity contribution in [2.45, 2.75) is 79.2 Å². The SMILES string of the molecule is C=CC1=C(C)[C@@H]2C[C@@H](OC(C)=O)[C@H]3[C@](C)(COC(C)=O)CCC[C@]3(C)[C@H]2CC1. The van der Waals surface area contributed by atoms with Gasteiger partial charge in [-0.2, -0.15) is 0 Å². The van der Waals surface area contributed by atoms with Crippen LogP contribution in [-0.4, -0.2) is 24.6 Å². The fraction of sp³-hybridized carbons (Fsp3) is 0.750. The van der Waals surface area contributed by atoms with Crippen molar-refractivity contribution < 1.29 is 19.1 Å². The minimum atomic E-state index is -0.238. The molecule has 0 N–H and O–H groups in total. The van der Waals surface area contributed by atoms with Crippen LogP contribution in [0.3, 0.4) is 0 Å². The lowest BCUT2D eigenvalue weighted by Crippen LogP contribution is -2.60. The van der Waals surface area contributed by atoms with E-state index in [1.807, 2.05) is 6.08 Å². The van der Waals surface area contributed by atoms with Crippen LogP contribution in [0.15, 0.2) is 23.8 Å². The van der Waals surface area contributed by atoms with Crippen molar-refractivity contribution in [1.82, 2.24) is 0 Å². The molecule has 156 valence electrons. The lowest BCUT2D eigenvalue weighted by molar-refractivity contribution is -0.200. The van der Waals surface area contributed by atoms with Gasteiger partial charge in [0.2, 0.25) is 0 Å². The fourth-order valence-corrected chi connectivity index (χ4v) is 7.06. The summed E-state index contributed by atoms with van der Waals surface area (Å²) >= 11 is 0. The second-order valence-electron chi connectivity index (χ2n) is 9.82. The molecular weight excluding hydrogens is 352 g/mol. The van der Waals surface area contributed by atoms with Crippen LogP contribution in [0, 0.1) is 28.6 Å². The minimum Gasteiger partial charge on any atom is -0.465 e. The number of rotatable bonds is 4. The number of carbonyl (C=O) groups is 2. The van der Waals surface area contributed by atoms with Gasteiger partial charge in [0.15, 0.2) is 0 Å². The molecule has 3 rings (SSSR count). The Morgan fingerprint density at radius 1 is 1.21 bits per heavy atom. The van der Waals surface area contributed by atoms with Crippen molar-refractivity contribution in [3.05, 3.63) is 23.8 Å². The number of ether oxygens (including phenoxy) is 2. The zero-order valence-electron chi connectivity index (χ0n) is 18.2. The molecule has 0 aliphatic heterocycles. The third-order valence-corrected chi connectivity index (χ3v) is 8.07. The van der Waals surface area contributed by atoms with Crippen LogP contribution < -0.4 is 0 Å². The summed E-state index contributed by atoms with van der Waals surface area (Å²) in [6.45, 7) is 14.3. The number of esters is 2. The Bertz CT molecular complexity index is 693. The highest BCUT2D eigenvalue weighted by Crippen LogP contribution is 2.65. The molecule has 0 bridgehead atoms. The number of fused-ring (bicyclic) bond motifs is 3. The van der Waals surface area contributed by atoms with E-state index in [4.69, 9.17) is 9.47 Å². The topological polar surface area (TPSA) is 52.6 Å². The van der Waals surface area contributed by atoms with E-state index in [1.165, 1.54) is 25.0 Å². The van der Waals surface area contributed by atoms with Gasteiger partial charge in [-0.3, -0.25) is 9.59 Å². The summed E-state index contributed by atoms with van der Waals surface area (Å²) < 4.78 is 11.5. The molecular formula is C24H36O4. The first-order valence-corrected chi connectivity index (χ1v) is 10.7. The lowest BCUT2D eigenvalue weighted by atomic mass is 9.43. The summed E-state index contributed by atoms with van der Waals surface area (Å²) in [5.41, 5.74) is 2.70. The summed E-state index contributed by atoms with van der Waals surface area (Å²) in [6, 6.07) is 0. The maximum Gasteiger partial charge on any atom is 0.302 e. The quantitative estimate of drug-likeness (QED) is 0.619. The first-order valence-electron chi connectivity index (χ1n) is 10.7.